The maximum Gasteiger partial charge on any atom is 0.186 e. The highest BCUT2D eigenvalue weighted by Crippen LogP contribution is 2.24. The second-order valence-electron chi connectivity index (χ2n) is 3.76. The van der Waals surface area contributed by atoms with Gasteiger partial charge in [0.1, 0.15) is 6.33 Å². The molecular weight excluding hydrogens is 261 g/mol. The number of alkyl halides is 1. The van der Waals surface area contributed by atoms with Crippen LogP contribution in [0.2, 0.25) is 0 Å². The van der Waals surface area contributed by atoms with E-state index in [4.69, 9.17) is 0 Å². The summed E-state index contributed by atoms with van der Waals surface area (Å²) in [5.74, 6) is 0.160. The van der Waals surface area contributed by atoms with Gasteiger partial charge in [-0.2, -0.15) is 0 Å². The molecule has 0 atom stereocenters. The van der Waals surface area contributed by atoms with Crippen LogP contribution in [0.4, 0.5) is 10.2 Å². The second kappa shape index (κ2) is 4.43. The van der Waals surface area contributed by atoms with Gasteiger partial charge in [-0.25, -0.2) is 14.4 Å². The predicted octanol–water partition coefficient (Wildman–Crippen LogP) is 2.29. The van der Waals surface area contributed by atoms with Crippen molar-refractivity contribution in [1.82, 2.24) is 9.97 Å². The highest BCUT2D eigenvalue weighted by Gasteiger charge is 2.21. The van der Waals surface area contributed by atoms with Gasteiger partial charge in [-0.3, -0.25) is 0 Å². The Labute approximate surface area is 96.8 Å². The average molecular weight is 274 g/mol. The first-order valence-electron chi connectivity index (χ1n) is 5.04. The molecule has 0 amide bonds. The molecule has 1 aromatic rings. The molecule has 15 heavy (non-hydrogen) atoms. The van der Waals surface area contributed by atoms with E-state index in [-0.39, 0.29) is 5.82 Å². The molecule has 0 N–H and O–H groups in total. The van der Waals surface area contributed by atoms with E-state index in [1.807, 2.05) is 4.90 Å². The number of aryl methyl sites for hydroxylation is 1. The number of anilines is 1. The summed E-state index contributed by atoms with van der Waals surface area (Å²) in [5, 5.41) is 0. The summed E-state index contributed by atoms with van der Waals surface area (Å²) < 4.78 is 13.7. The van der Waals surface area contributed by atoms with Crippen molar-refractivity contribution in [2.45, 2.75) is 24.6 Å². The molecule has 5 heteroatoms. The van der Waals surface area contributed by atoms with Crippen LogP contribution in [0, 0.1) is 12.7 Å². The Kier molecular flexibility index (Phi) is 3.19. The molecule has 0 radical (unpaired) electrons. The molecule has 2 heterocycles. The van der Waals surface area contributed by atoms with Crippen molar-refractivity contribution in [1.29, 1.82) is 0 Å². The Balaban J connectivity index is 2.19. The molecule has 0 saturated carbocycles. The molecule has 0 unspecified atom stereocenters. The molecule has 0 bridgehead atoms. The summed E-state index contributed by atoms with van der Waals surface area (Å²) in [4.78, 5) is 10.4. The van der Waals surface area contributed by atoms with Gasteiger partial charge in [0, 0.05) is 17.9 Å². The van der Waals surface area contributed by atoms with Gasteiger partial charge in [0.2, 0.25) is 0 Å². The van der Waals surface area contributed by atoms with Crippen molar-refractivity contribution in [3.8, 4) is 0 Å². The fourth-order valence-electron chi connectivity index (χ4n) is 1.73. The third-order valence-corrected chi connectivity index (χ3v) is 3.59. The van der Waals surface area contributed by atoms with Gasteiger partial charge >= 0.3 is 0 Å². The highest BCUT2D eigenvalue weighted by atomic mass is 79.9. The third-order valence-electron chi connectivity index (χ3n) is 2.67. The van der Waals surface area contributed by atoms with Crippen LogP contribution in [0.3, 0.4) is 0 Å². The van der Waals surface area contributed by atoms with Crippen LogP contribution < -0.4 is 4.90 Å². The lowest BCUT2D eigenvalue weighted by Crippen LogP contribution is -2.35. The van der Waals surface area contributed by atoms with Crippen LogP contribution in [0.25, 0.3) is 0 Å². The molecule has 0 aliphatic carbocycles. The minimum Gasteiger partial charge on any atom is -0.354 e. The predicted molar refractivity (Wildman–Crippen MR) is 60.9 cm³/mol. The number of nitrogens with zero attached hydrogens (tertiary/aromatic N) is 3. The third kappa shape index (κ3) is 2.27. The van der Waals surface area contributed by atoms with Crippen LogP contribution >= 0.6 is 15.9 Å². The summed E-state index contributed by atoms with van der Waals surface area (Å²) in [7, 11) is 0. The fourth-order valence-corrected chi connectivity index (χ4v) is 2.14. The summed E-state index contributed by atoms with van der Waals surface area (Å²) in [5.41, 5.74) is 0.418. The quantitative estimate of drug-likeness (QED) is 0.736. The first-order valence-corrected chi connectivity index (χ1v) is 5.96. The Hall–Kier alpha value is -0.710. The Morgan fingerprint density at radius 2 is 2.07 bits per heavy atom. The van der Waals surface area contributed by atoms with Crippen molar-refractivity contribution in [3.05, 3.63) is 17.8 Å². The number of piperidine rings is 1. The molecule has 1 fully saturated rings. The maximum atomic E-state index is 13.7. The lowest BCUT2D eigenvalue weighted by atomic mass is 10.1. The maximum absolute atomic E-state index is 13.7. The molecular formula is C10H13BrFN3. The van der Waals surface area contributed by atoms with Crippen molar-refractivity contribution in [2.24, 2.45) is 0 Å². The van der Waals surface area contributed by atoms with Crippen molar-refractivity contribution in [3.63, 3.8) is 0 Å². The molecule has 0 spiro atoms. The van der Waals surface area contributed by atoms with E-state index in [1.165, 1.54) is 6.33 Å². The van der Waals surface area contributed by atoms with Gasteiger partial charge in [-0.15, -0.1) is 0 Å². The Morgan fingerprint density at radius 3 is 2.73 bits per heavy atom. The normalized spacial score (nSPS) is 18.2. The Bertz CT molecular complexity index is 351. The van der Waals surface area contributed by atoms with E-state index in [2.05, 4.69) is 25.9 Å². The first kappa shape index (κ1) is 10.8. The van der Waals surface area contributed by atoms with Gasteiger partial charge in [0.25, 0.3) is 0 Å². The minimum absolute atomic E-state index is 0.287. The van der Waals surface area contributed by atoms with Crippen LogP contribution in [0.5, 0.6) is 0 Å². The van der Waals surface area contributed by atoms with Crippen LogP contribution in [-0.2, 0) is 0 Å². The largest absolute Gasteiger partial charge is 0.354 e. The SMILES string of the molecule is Cc1ncnc(N2CCC(Br)CC2)c1F. The Morgan fingerprint density at radius 1 is 1.40 bits per heavy atom. The zero-order valence-electron chi connectivity index (χ0n) is 8.58. The molecule has 1 saturated heterocycles. The molecule has 1 aliphatic heterocycles. The van der Waals surface area contributed by atoms with Crippen molar-refractivity contribution >= 4 is 21.7 Å². The summed E-state index contributed by atoms with van der Waals surface area (Å²) in [6, 6.07) is 0. The summed E-state index contributed by atoms with van der Waals surface area (Å²) in [6.07, 6.45) is 3.49. The van der Waals surface area contributed by atoms with E-state index < -0.39 is 0 Å². The summed E-state index contributed by atoms with van der Waals surface area (Å²) in [6.45, 7) is 3.37. The standard InChI is InChI=1S/C10H13BrFN3/c1-7-9(12)10(14-6-13-7)15-4-2-8(11)3-5-15/h6,8H,2-5H2,1H3. The number of aromatic nitrogens is 2. The average Bonchev–Trinajstić information content (AvgIpc) is 2.24. The second-order valence-corrected chi connectivity index (χ2v) is 5.05. The van der Waals surface area contributed by atoms with E-state index in [0.29, 0.717) is 16.3 Å². The molecule has 3 nitrogen and oxygen atoms in total. The number of halogens is 2. The number of rotatable bonds is 1. The van der Waals surface area contributed by atoms with Gasteiger partial charge in [0.05, 0.1) is 5.69 Å². The van der Waals surface area contributed by atoms with Crippen LogP contribution in [0.15, 0.2) is 6.33 Å². The van der Waals surface area contributed by atoms with E-state index in [1.54, 1.807) is 6.92 Å². The van der Waals surface area contributed by atoms with Gasteiger partial charge < -0.3 is 4.90 Å². The number of hydrogen-bond donors (Lipinski definition) is 0. The smallest absolute Gasteiger partial charge is 0.186 e. The van der Waals surface area contributed by atoms with Crippen LogP contribution in [-0.4, -0.2) is 27.9 Å². The zero-order chi connectivity index (χ0) is 10.8. The van der Waals surface area contributed by atoms with Crippen LogP contribution in [0.1, 0.15) is 18.5 Å². The first-order chi connectivity index (χ1) is 7.18. The lowest BCUT2D eigenvalue weighted by Gasteiger charge is -2.30. The van der Waals surface area contributed by atoms with Gasteiger partial charge in [-0.1, -0.05) is 15.9 Å². The van der Waals surface area contributed by atoms with Gasteiger partial charge in [0.15, 0.2) is 11.6 Å². The molecule has 2 rings (SSSR count). The van der Waals surface area contributed by atoms with Crippen molar-refractivity contribution in [2.75, 3.05) is 18.0 Å². The minimum atomic E-state index is -0.287. The topological polar surface area (TPSA) is 29.0 Å². The number of hydrogen-bond acceptors (Lipinski definition) is 3. The fraction of sp³-hybridized carbons (Fsp3) is 0.600. The van der Waals surface area contributed by atoms with E-state index >= 15 is 0 Å². The highest BCUT2D eigenvalue weighted by molar-refractivity contribution is 9.09. The monoisotopic (exact) mass is 273 g/mol. The summed E-state index contributed by atoms with van der Waals surface area (Å²) >= 11 is 3.57. The van der Waals surface area contributed by atoms with E-state index in [0.717, 1.165) is 25.9 Å². The molecule has 1 aromatic heterocycles. The van der Waals surface area contributed by atoms with Gasteiger partial charge in [-0.05, 0) is 19.8 Å². The lowest BCUT2D eigenvalue weighted by molar-refractivity contribution is 0.553. The molecule has 82 valence electrons. The van der Waals surface area contributed by atoms with Crippen molar-refractivity contribution < 1.29 is 4.39 Å². The molecule has 1 aliphatic rings. The van der Waals surface area contributed by atoms with E-state index in [9.17, 15) is 4.39 Å². The molecule has 0 aromatic carbocycles. The zero-order valence-corrected chi connectivity index (χ0v) is 10.2.